The number of aromatic nitrogens is 1. The lowest BCUT2D eigenvalue weighted by atomic mass is 10.1. The van der Waals surface area contributed by atoms with E-state index in [1.807, 2.05) is 19.3 Å². The van der Waals surface area contributed by atoms with Gasteiger partial charge in [0.2, 0.25) is 0 Å². The molecule has 1 aromatic carbocycles. The molecule has 0 aliphatic carbocycles. The Morgan fingerprint density at radius 2 is 2.18 bits per heavy atom. The molecule has 0 amide bonds. The molecule has 0 saturated carbocycles. The van der Waals surface area contributed by atoms with Gasteiger partial charge in [-0.05, 0) is 37.2 Å². The van der Waals surface area contributed by atoms with Gasteiger partial charge in [0.05, 0.1) is 6.61 Å². The number of aromatic amines is 1. The number of hydrogen-bond donors (Lipinski definition) is 2. The second kappa shape index (κ2) is 5.29. The minimum atomic E-state index is -0.219. The average Bonchev–Trinajstić information content (AvgIpc) is 2.69. The minimum Gasteiger partial charge on any atom is -0.395 e. The molecule has 2 N–H and O–H groups in total. The van der Waals surface area contributed by atoms with Crippen LogP contribution in [0.2, 0.25) is 0 Å². The summed E-state index contributed by atoms with van der Waals surface area (Å²) in [6.45, 7) is 1.73. The fourth-order valence-electron chi connectivity index (χ4n) is 1.96. The maximum absolute atomic E-state index is 13.0. The largest absolute Gasteiger partial charge is 0.395 e. The van der Waals surface area contributed by atoms with Gasteiger partial charge in [0, 0.05) is 30.2 Å². The zero-order chi connectivity index (χ0) is 12.3. The van der Waals surface area contributed by atoms with E-state index >= 15 is 0 Å². The van der Waals surface area contributed by atoms with Gasteiger partial charge in [0.25, 0.3) is 0 Å². The van der Waals surface area contributed by atoms with Gasteiger partial charge in [0.1, 0.15) is 5.82 Å². The van der Waals surface area contributed by atoms with Crippen molar-refractivity contribution in [3.05, 3.63) is 35.8 Å². The average molecular weight is 236 g/mol. The Hall–Kier alpha value is -1.39. The Kier molecular flexibility index (Phi) is 3.76. The molecule has 3 nitrogen and oxygen atoms in total. The molecule has 1 aromatic heterocycles. The van der Waals surface area contributed by atoms with E-state index in [-0.39, 0.29) is 12.4 Å². The van der Waals surface area contributed by atoms with Crippen molar-refractivity contribution in [2.45, 2.75) is 6.42 Å². The Labute approximate surface area is 99.9 Å². The van der Waals surface area contributed by atoms with Gasteiger partial charge in [-0.2, -0.15) is 0 Å². The van der Waals surface area contributed by atoms with Crippen molar-refractivity contribution in [1.29, 1.82) is 0 Å². The van der Waals surface area contributed by atoms with E-state index in [1.54, 1.807) is 0 Å². The van der Waals surface area contributed by atoms with E-state index < -0.39 is 0 Å². The number of benzene rings is 1. The predicted octanol–water partition coefficient (Wildman–Crippen LogP) is 1.77. The highest BCUT2D eigenvalue weighted by Crippen LogP contribution is 2.19. The summed E-state index contributed by atoms with van der Waals surface area (Å²) < 4.78 is 13.0. The van der Waals surface area contributed by atoms with Crippen molar-refractivity contribution >= 4 is 10.9 Å². The van der Waals surface area contributed by atoms with Crippen molar-refractivity contribution in [2.24, 2.45) is 0 Å². The number of nitrogens with one attached hydrogen (secondary N) is 1. The molecule has 0 aliphatic heterocycles. The summed E-state index contributed by atoms with van der Waals surface area (Å²) in [5.41, 5.74) is 2.02. The number of rotatable bonds is 5. The van der Waals surface area contributed by atoms with Crippen LogP contribution in [-0.4, -0.2) is 41.7 Å². The highest BCUT2D eigenvalue weighted by Gasteiger charge is 2.05. The van der Waals surface area contributed by atoms with Crippen LogP contribution >= 0.6 is 0 Å². The molecule has 0 aliphatic rings. The first-order valence-corrected chi connectivity index (χ1v) is 5.75. The van der Waals surface area contributed by atoms with Crippen molar-refractivity contribution in [3.63, 3.8) is 0 Å². The fraction of sp³-hybridized carbons (Fsp3) is 0.385. The first-order valence-electron chi connectivity index (χ1n) is 5.75. The monoisotopic (exact) mass is 236 g/mol. The van der Waals surface area contributed by atoms with Crippen LogP contribution in [0.5, 0.6) is 0 Å². The third kappa shape index (κ3) is 2.84. The summed E-state index contributed by atoms with van der Waals surface area (Å²) in [7, 11) is 1.98. The number of fused-ring (bicyclic) bond motifs is 1. The van der Waals surface area contributed by atoms with Crippen molar-refractivity contribution < 1.29 is 9.50 Å². The highest BCUT2D eigenvalue weighted by atomic mass is 19.1. The van der Waals surface area contributed by atoms with Crippen LogP contribution in [0.25, 0.3) is 10.9 Å². The summed E-state index contributed by atoms with van der Waals surface area (Å²) in [5.74, 6) is -0.219. The molecule has 2 rings (SSSR count). The second-order valence-electron chi connectivity index (χ2n) is 4.28. The van der Waals surface area contributed by atoms with Gasteiger partial charge in [-0.15, -0.1) is 0 Å². The van der Waals surface area contributed by atoms with Gasteiger partial charge in [-0.1, -0.05) is 0 Å². The van der Waals surface area contributed by atoms with Crippen LogP contribution in [0.1, 0.15) is 5.56 Å². The molecule has 2 aromatic rings. The SMILES string of the molecule is CN(CCO)CCc1c[nH]c2cc(F)ccc12. The summed E-state index contributed by atoms with van der Waals surface area (Å²) >= 11 is 0. The van der Waals surface area contributed by atoms with Crippen LogP contribution in [-0.2, 0) is 6.42 Å². The van der Waals surface area contributed by atoms with E-state index in [9.17, 15) is 4.39 Å². The lowest BCUT2D eigenvalue weighted by Crippen LogP contribution is -2.24. The summed E-state index contributed by atoms with van der Waals surface area (Å²) in [5, 5.41) is 9.88. The van der Waals surface area contributed by atoms with E-state index in [0.717, 1.165) is 23.9 Å². The Morgan fingerprint density at radius 1 is 1.35 bits per heavy atom. The number of H-pyrrole nitrogens is 1. The summed E-state index contributed by atoms with van der Waals surface area (Å²) in [6.07, 6.45) is 2.82. The van der Waals surface area contributed by atoms with Gasteiger partial charge >= 0.3 is 0 Å². The van der Waals surface area contributed by atoms with Crippen molar-refractivity contribution in [1.82, 2.24) is 9.88 Å². The first-order chi connectivity index (χ1) is 8.20. The first kappa shape index (κ1) is 12.1. The molecule has 0 spiro atoms. The number of aliphatic hydroxyl groups excluding tert-OH is 1. The normalized spacial score (nSPS) is 11.5. The molecule has 0 fully saturated rings. The molecule has 17 heavy (non-hydrogen) atoms. The van der Waals surface area contributed by atoms with E-state index in [0.29, 0.717) is 6.54 Å². The van der Waals surface area contributed by atoms with Gasteiger partial charge in [-0.3, -0.25) is 0 Å². The number of hydrogen-bond acceptors (Lipinski definition) is 2. The van der Waals surface area contributed by atoms with Crippen LogP contribution in [0, 0.1) is 5.82 Å². The van der Waals surface area contributed by atoms with Crippen LogP contribution in [0.4, 0.5) is 4.39 Å². The highest BCUT2D eigenvalue weighted by molar-refractivity contribution is 5.83. The lowest BCUT2D eigenvalue weighted by molar-refractivity contribution is 0.223. The Bertz CT molecular complexity index is 495. The zero-order valence-electron chi connectivity index (χ0n) is 9.91. The standard InChI is InChI=1S/C13H17FN2O/c1-16(6-7-17)5-4-10-9-15-13-8-11(14)2-3-12(10)13/h2-3,8-9,15,17H,4-7H2,1H3. The number of likely N-dealkylation sites (N-methyl/N-ethyl adjacent to an activating group) is 1. The molecule has 1 heterocycles. The Balaban J connectivity index is 2.09. The number of halogens is 1. The molecule has 0 unspecified atom stereocenters. The van der Waals surface area contributed by atoms with Gasteiger partial charge in [-0.25, -0.2) is 4.39 Å². The van der Waals surface area contributed by atoms with Crippen molar-refractivity contribution in [2.75, 3.05) is 26.7 Å². The molecule has 0 atom stereocenters. The number of aliphatic hydroxyl groups is 1. The molecular weight excluding hydrogens is 219 g/mol. The topological polar surface area (TPSA) is 39.3 Å². The zero-order valence-corrected chi connectivity index (χ0v) is 9.91. The van der Waals surface area contributed by atoms with E-state index in [4.69, 9.17) is 5.11 Å². The smallest absolute Gasteiger partial charge is 0.125 e. The van der Waals surface area contributed by atoms with Crippen LogP contribution in [0.15, 0.2) is 24.4 Å². The second-order valence-corrected chi connectivity index (χ2v) is 4.28. The quantitative estimate of drug-likeness (QED) is 0.830. The molecular formula is C13H17FN2O. The lowest BCUT2D eigenvalue weighted by Gasteiger charge is -2.14. The van der Waals surface area contributed by atoms with E-state index in [1.165, 1.54) is 17.7 Å². The third-order valence-corrected chi connectivity index (χ3v) is 2.97. The summed E-state index contributed by atoms with van der Waals surface area (Å²) in [6, 6.07) is 4.80. The predicted molar refractivity (Wildman–Crippen MR) is 66.5 cm³/mol. The van der Waals surface area contributed by atoms with Crippen LogP contribution < -0.4 is 0 Å². The fourth-order valence-corrected chi connectivity index (χ4v) is 1.96. The maximum atomic E-state index is 13.0. The summed E-state index contributed by atoms with van der Waals surface area (Å²) in [4.78, 5) is 5.15. The minimum absolute atomic E-state index is 0.176. The van der Waals surface area contributed by atoms with Gasteiger partial charge in [0.15, 0.2) is 0 Å². The molecule has 4 heteroatoms. The van der Waals surface area contributed by atoms with Crippen molar-refractivity contribution in [3.8, 4) is 0 Å². The molecule has 0 bridgehead atoms. The molecule has 0 radical (unpaired) electrons. The maximum Gasteiger partial charge on any atom is 0.125 e. The number of nitrogens with zero attached hydrogens (tertiary/aromatic N) is 1. The third-order valence-electron chi connectivity index (χ3n) is 2.97. The van der Waals surface area contributed by atoms with Gasteiger partial charge < -0.3 is 15.0 Å². The molecule has 0 saturated heterocycles. The van der Waals surface area contributed by atoms with Crippen LogP contribution in [0.3, 0.4) is 0 Å². The van der Waals surface area contributed by atoms with E-state index in [2.05, 4.69) is 9.88 Å². The molecule has 92 valence electrons. The Morgan fingerprint density at radius 3 is 2.94 bits per heavy atom.